The van der Waals surface area contributed by atoms with Gasteiger partial charge in [-0.25, -0.2) is 0 Å². The summed E-state index contributed by atoms with van der Waals surface area (Å²) in [4.78, 5) is 24.9. The van der Waals surface area contributed by atoms with Gasteiger partial charge in [0.2, 0.25) is 0 Å². The molecular weight excluding hydrogens is 357 g/mol. The molecule has 5 heteroatoms. The molecule has 0 saturated heterocycles. The number of halogens is 1. The Labute approximate surface area is 126 Å². The molecule has 19 heavy (non-hydrogen) atoms. The van der Waals surface area contributed by atoms with E-state index >= 15 is 0 Å². The van der Waals surface area contributed by atoms with Crippen molar-refractivity contribution < 1.29 is 14.7 Å². The molecule has 0 fully saturated rings. The molecule has 0 aliphatic carbocycles. The molecule has 1 unspecified atom stereocenters. The Morgan fingerprint density at radius 2 is 2.05 bits per heavy atom. The maximum atomic E-state index is 12.5. The molecule has 1 N–H and O–H groups in total. The fourth-order valence-electron chi connectivity index (χ4n) is 1.79. The molecule has 1 aromatic rings. The molecule has 0 aliphatic rings. The average Bonchev–Trinajstić information content (AvgIpc) is 2.37. The van der Waals surface area contributed by atoms with Gasteiger partial charge >= 0.3 is 5.97 Å². The van der Waals surface area contributed by atoms with Crippen LogP contribution in [0.25, 0.3) is 0 Å². The summed E-state index contributed by atoms with van der Waals surface area (Å²) >= 11 is 2.17. The molecule has 0 heterocycles. The van der Waals surface area contributed by atoms with Crippen LogP contribution >= 0.6 is 22.6 Å². The number of hydrogen-bond donors (Lipinski definition) is 1. The second-order valence-corrected chi connectivity index (χ2v) is 5.66. The van der Waals surface area contributed by atoms with E-state index < -0.39 is 5.97 Å². The summed E-state index contributed by atoms with van der Waals surface area (Å²) in [7, 11) is 0. The fraction of sp³-hybridized carbons (Fsp3) is 0.429. The molecule has 1 amide bonds. The number of amides is 1. The van der Waals surface area contributed by atoms with E-state index in [4.69, 9.17) is 5.11 Å². The van der Waals surface area contributed by atoms with Crippen LogP contribution in [0.2, 0.25) is 0 Å². The number of aliphatic carboxylic acids is 1. The summed E-state index contributed by atoms with van der Waals surface area (Å²) in [6, 6.07) is 5.40. The number of benzene rings is 1. The van der Waals surface area contributed by atoms with E-state index in [-0.39, 0.29) is 18.5 Å². The quantitative estimate of drug-likeness (QED) is 0.806. The van der Waals surface area contributed by atoms with Gasteiger partial charge in [-0.1, -0.05) is 13.0 Å². The summed E-state index contributed by atoms with van der Waals surface area (Å²) < 4.78 is 1.00. The van der Waals surface area contributed by atoms with E-state index in [0.717, 1.165) is 15.6 Å². The van der Waals surface area contributed by atoms with Gasteiger partial charge in [-0.3, -0.25) is 9.59 Å². The van der Waals surface area contributed by atoms with Gasteiger partial charge in [0, 0.05) is 15.2 Å². The van der Waals surface area contributed by atoms with Crippen LogP contribution in [0.5, 0.6) is 0 Å². The van der Waals surface area contributed by atoms with E-state index in [0.29, 0.717) is 5.56 Å². The maximum Gasteiger partial charge on any atom is 0.323 e. The van der Waals surface area contributed by atoms with Crippen molar-refractivity contribution >= 4 is 34.5 Å². The molecule has 0 radical (unpaired) electrons. The van der Waals surface area contributed by atoms with E-state index in [1.54, 1.807) is 6.07 Å². The minimum absolute atomic E-state index is 0.0964. The van der Waals surface area contributed by atoms with Crippen LogP contribution in [0, 0.1) is 10.5 Å². The first-order chi connectivity index (χ1) is 8.88. The summed E-state index contributed by atoms with van der Waals surface area (Å²) in [5.41, 5.74) is 1.47. The molecule has 1 aromatic carbocycles. The molecule has 0 aromatic heterocycles. The fourth-order valence-corrected chi connectivity index (χ4v) is 2.29. The normalized spacial score (nSPS) is 12.0. The second-order valence-electron chi connectivity index (χ2n) is 4.50. The van der Waals surface area contributed by atoms with Gasteiger partial charge in [-0.2, -0.15) is 0 Å². The van der Waals surface area contributed by atoms with Gasteiger partial charge in [0.25, 0.3) is 5.91 Å². The molecule has 0 bridgehead atoms. The van der Waals surface area contributed by atoms with E-state index in [9.17, 15) is 9.59 Å². The number of carbonyl (C=O) groups excluding carboxylic acids is 1. The van der Waals surface area contributed by atoms with Crippen LogP contribution in [-0.2, 0) is 4.79 Å². The Hall–Kier alpha value is -1.11. The molecule has 4 nitrogen and oxygen atoms in total. The lowest BCUT2D eigenvalue weighted by molar-refractivity contribution is -0.138. The average molecular weight is 375 g/mol. The highest BCUT2D eigenvalue weighted by atomic mass is 127. The number of carboxylic acid groups (broad SMARTS) is 1. The predicted octanol–water partition coefficient (Wildman–Crippen LogP) is 2.92. The van der Waals surface area contributed by atoms with Gasteiger partial charge in [0.05, 0.1) is 0 Å². The SMILES string of the molecule is CCC(C)N(CC(=O)O)C(=O)c1cccc(I)c1C. The number of carbonyl (C=O) groups is 2. The van der Waals surface area contributed by atoms with Gasteiger partial charge in [-0.15, -0.1) is 0 Å². The van der Waals surface area contributed by atoms with Crippen molar-refractivity contribution in [3.8, 4) is 0 Å². The van der Waals surface area contributed by atoms with Gasteiger partial charge < -0.3 is 10.0 Å². The summed E-state index contributed by atoms with van der Waals surface area (Å²) in [6.45, 7) is 5.42. The lowest BCUT2D eigenvalue weighted by Gasteiger charge is -2.27. The smallest absolute Gasteiger partial charge is 0.323 e. The van der Waals surface area contributed by atoms with Crippen molar-refractivity contribution in [2.75, 3.05) is 6.54 Å². The third-order valence-corrected chi connectivity index (χ3v) is 4.36. The Balaban J connectivity index is 3.11. The zero-order chi connectivity index (χ0) is 14.6. The minimum atomic E-state index is -0.989. The third kappa shape index (κ3) is 3.92. The first-order valence-corrected chi connectivity index (χ1v) is 7.24. The van der Waals surface area contributed by atoms with Crippen molar-refractivity contribution in [2.45, 2.75) is 33.2 Å². The molecule has 0 saturated carbocycles. The molecule has 1 atom stereocenters. The number of carboxylic acids is 1. The van der Waals surface area contributed by atoms with Crippen molar-refractivity contribution in [1.29, 1.82) is 0 Å². The predicted molar refractivity (Wildman–Crippen MR) is 82.3 cm³/mol. The van der Waals surface area contributed by atoms with Crippen LogP contribution in [0.3, 0.4) is 0 Å². The van der Waals surface area contributed by atoms with E-state index in [1.165, 1.54) is 4.90 Å². The topological polar surface area (TPSA) is 57.6 Å². The Morgan fingerprint density at radius 3 is 2.58 bits per heavy atom. The Morgan fingerprint density at radius 1 is 1.42 bits per heavy atom. The van der Waals surface area contributed by atoms with Gasteiger partial charge in [0.1, 0.15) is 6.54 Å². The Kier molecular flexibility index (Phi) is 5.78. The highest BCUT2D eigenvalue weighted by molar-refractivity contribution is 14.1. The van der Waals surface area contributed by atoms with Gasteiger partial charge in [-0.05, 0) is 60.6 Å². The summed E-state index contributed by atoms with van der Waals surface area (Å²) in [6.07, 6.45) is 0.724. The largest absolute Gasteiger partial charge is 0.480 e. The lowest BCUT2D eigenvalue weighted by atomic mass is 10.1. The van der Waals surface area contributed by atoms with E-state index in [1.807, 2.05) is 32.9 Å². The molecule has 104 valence electrons. The first-order valence-electron chi connectivity index (χ1n) is 6.16. The highest BCUT2D eigenvalue weighted by Gasteiger charge is 2.24. The second kappa shape index (κ2) is 6.88. The van der Waals surface area contributed by atoms with Crippen molar-refractivity contribution in [1.82, 2.24) is 4.90 Å². The molecule has 0 spiro atoms. The van der Waals surface area contributed by atoms with Crippen LogP contribution in [0.4, 0.5) is 0 Å². The molecule has 1 rings (SSSR count). The van der Waals surface area contributed by atoms with Crippen molar-refractivity contribution in [3.05, 3.63) is 32.9 Å². The van der Waals surface area contributed by atoms with E-state index in [2.05, 4.69) is 22.6 Å². The van der Waals surface area contributed by atoms with Crippen LogP contribution < -0.4 is 0 Å². The van der Waals surface area contributed by atoms with Crippen molar-refractivity contribution in [3.63, 3.8) is 0 Å². The first kappa shape index (κ1) is 15.9. The molecular formula is C14H18INO3. The number of hydrogen-bond acceptors (Lipinski definition) is 2. The standard InChI is InChI=1S/C14H18INO3/c1-4-9(2)16(8-13(17)18)14(19)11-6-5-7-12(15)10(11)3/h5-7,9H,4,8H2,1-3H3,(H,17,18). The third-order valence-electron chi connectivity index (χ3n) is 3.19. The van der Waals surface area contributed by atoms with Crippen molar-refractivity contribution in [2.24, 2.45) is 0 Å². The summed E-state index contributed by atoms with van der Waals surface area (Å²) in [5.74, 6) is -1.20. The zero-order valence-electron chi connectivity index (χ0n) is 11.3. The molecule has 0 aliphatic heterocycles. The summed E-state index contributed by atoms with van der Waals surface area (Å²) in [5, 5.41) is 8.95. The maximum absolute atomic E-state index is 12.5. The zero-order valence-corrected chi connectivity index (χ0v) is 13.5. The minimum Gasteiger partial charge on any atom is -0.480 e. The highest BCUT2D eigenvalue weighted by Crippen LogP contribution is 2.19. The van der Waals surface area contributed by atoms with Crippen LogP contribution in [-0.4, -0.2) is 34.5 Å². The monoisotopic (exact) mass is 375 g/mol. The number of rotatable bonds is 5. The lowest BCUT2D eigenvalue weighted by Crippen LogP contribution is -2.42. The Bertz CT molecular complexity index is 488. The van der Waals surface area contributed by atoms with Crippen LogP contribution in [0.1, 0.15) is 36.2 Å². The van der Waals surface area contributed by atoms with Crippen LogP contribution in [0.15, 0.2) is 18.2 Å². The number of nitrogens with zero attached hydrogens (tertiary/aromatic N) is 1. The van der Waals surface area contributed by atoms with Gasteiger partial charge in [0.15, 0.2) is 0 Å².